The third-order valence-electron chi connectivity index (χ3n) is 4.24. The molecule has 0 aliphatic carbocycles. The molecule has 0 aromatic heterocycles. The molecule has 0 nitrogen and oxygen atoms in total. The minimum atomic E-state index is -2.50. The van der Waals surface area contributed by atoms with Crippen molar-refractivity contribution in [2.45, 2.75) is 0 Å². The predicted octanol–water partition coefficient (Wildman–Crippen LogP) is 6.69. The molecule has 0 bridgehead atoms. The zero-order valence-corrected chi connectivity index (χ0v) is 19.4. The van der Waals surface area contributed by atoms with E-state index in [1.165, 1.54) is 32.2 Å². The first-order valence-electron chi connectivity index (χ1n) is 8.58. The summed E-state index contributed by atoms with van der Waals surface area (Å²) in [4.78, 5) is 0. The molecule has 0 spiro atoms. The summed E-state index contributed by atoms with van der Waals surface area (Å²) in [5.41, 5.74) is 0. The Morgan fingerprint density at radius 1 is 0.667 bits per heavy atom. The number of hydrogen-bond acceptors (Lipinski definition) is 0. The average Bonchev–Trinajstić information content (AvgIpc) is 3.27. The van der Waals surface area contributed by atoms with E-state index in [1.807, 2.05) is 0 Å². The van der Waals surface area contributed by atoms with Crippen LogP contribution < -0.4 is 10.6 Å². The van der Waals surface area contributed by atoms with Crippen LogP contribution in [0.5, 0.6) is 0 Å². The zero-order valence-electron chi connectivity index (χ0n) is 16.1. The van der Waals surface area contributed by atoms with Gasteiger partial charge in [0.15, 0.2) is 0 Å². The second kappa shape index (κ2) is 11.2. The van der Waals surface area contributed by atoms with Crippen LogP contribution >= 0.6 is 15.8 Å². The Bertz CT molecular complexity index is 813. The molecule has 0 saturated carbocycles. The molecule has 0 radical (unpaired) electrons. The van der Waals surface area contributed by atoms with Crippen molar-refractivity contribution in [3.05, 3.63) is 72.8 Å². The van der Waals surface area contributed by atoms with Crippen LogP contribution in [0, 0.1) is 0 Å². The molecule has 0 heterocycles. The third kappa shape index (κ3) is 6.58. The summed E-state index contributed by atoms with van der Waals surface area (Å²) >= 11 is -2.50. The van der Waals surface area contributed by atoms with Gasteiger partial charge in [0.25, 0.3) is 0 Å². The normalized spacial score (nSPS) is 10.5. The van der Waals surface area contributed by atoms with E-state index in [9.17, 15) is 6.18 Å². The van der Waals surface area contributed by atoms with Crippen molar-refractivity contribution in [1.29, 1.82) is 0 Å². The van der Waals surface area contributed by atoms with E-state index in [0.717, 1.165) is 0 Å². The third-order valence-corrected chi connectivity index (χ3v) is 6.82. The summed E-state index contributed by atoms with van der Waals surface area (Å²) in [5, 5.41) is 8.53. The summed E-state index contributed by atoms with van der Waals surface area (Å²) < 4.78 is 19.5. The van der Waals surface area contributed by atoms with Crippen molar-refractivity contribution in [3.8, 4) is 0 Å². The van der Waals surface area contributed by atoms with E-state index in [1.54, 1.807) is 0 Å². The molecule has 27 heavy (non-hydrogen) atoms. The molecule has 142 valence electrons. The van der Waals surface area contributed by atoms with Crippen molar-refractivity contribution in [1.82, 2.24) is 0 Å². The fraction of sp³-hybridized carbons (Fsp3) is 0.182. The first-order valence-corrected chi connectivity index (χ1v) is 14.2. The molecule has 0 amide bonds. The minimum absolute atomic E-state index is 0.0576. The molecule has 0 N–H and O–H groups in total. The standard InChI is InChI=1S/2C11H12P.2FH.Ti/c2*1-12(2)11-7-9-5-3-4-6-10(9)8-11;;;/h2*3-8H,1-2H3;2*1H;/q2*-1;;;+2/p-2. The van der Waals surface area contributed by atoms with Gasteiger partial charge in [-0.05, 0) is 26.7 Å². The Labute approximate surface area is 173 Å². The van der Waals surface area contributed by atoms with Crippen molar-refractivity contribution in [2.24, 2.45) is 0 Å². The fourth-order valence-electron chi connectivity index (χ4n) is 2.78. The number of benzene rings is 2. The van der Waals surface area contributed by atoms with Gasteiger partial charge in [-0.25, -0.2) is 0 Å². The molecule has 4 aromatic carbocycles. The van der Waals surface area contributed by atoms with Crippen LogP contribution in [0.25, 0.3) is 21.5 Å². The summed E-state index contributed by atoms with van der Waals surface area (Å²) in [6.45, 7) is 9.18. The van der Waals surface area contributed by atoms with Gasteiger partial charge in [0.2, 0.25) is 0 Å². The molecule has 0 unspecified atom stereocenters. The molecule has 0 aliphatic heterocycles. The molecule has 4 rings (SSSR count). The molecule has 4 aromatic rings. The quantitative estimate of drug-likeness (QED) is 0.187. The Balaban J connectivity index is 0.000000170. The van der Waals surface area contributed by atoms with Crippen LogP contribution in [0.1, 0.15) is 0 Å². The second-order valence-corrected chi connectivity index (χ2v) is 11.4. The Morgan fingerprint density at radius 3 is 1.30 bits per heavy atom. The van der Waals surface area contributed by atoms with Gasteiger partial charge >= 0.3 is 26.4 Å². The first kappa shape index (κ1) is 22.4. The van der Waals surface area contributed by atoms with E-state index in [-0.39, 0.29) is 15.8 Å². The van der Waals surface area contributed by atoms with Crippen molar-refractivity contribution >= 4 is 48.0 Å². The average molecular weight is 436 g/mol. The van der Waals surface area contributed by atoms with E-state index < -0.39 is 20.2 Å². The van der Waals surface area contributed by atoms with Crippen LogP contribution in [0.3, 0.4) is 0 Å². The van der Waals surface area contributed by atoms with Crippen LogP contribution in [0.4, 0.5) is 6.18 Å². The maximum absolute atomic E-state index is 9.75. The van der Waals surface area contributed by atoms with Crippen LogP contribution in [-0.2, 0) is 20.2 Å². The Hall–Kier alpha value is -0.906. The SMILES string of the molecule is CP(C)c1cc2ccccc2[cH-]1.CP(C)c1cc2ccccc2[cH-]1.[F][Ti][F]. The second-order valence-electron chi connectivity index (χ2n) is 6.55. The van der Waals surface area contributed by atoms with Gasteiger partial charge in [0, 0.05) is 0 Å². The molecule has 0 fully saturated rings. The van der Waals surface area contributed by atoms with Crippen LogP contribution in [0.15, 0.2) is 72.8 Å². The van der Waals surface area contributed by atoms with E-state index in [2.05, 4.69) is 99.5 Å². The fourth-order valence-corrected chi connectivity index (χ4v) is 4.37. The van der Waals surface area contributed by atoms with Gasteiger partial charge in [0.1, 0.15) is 0 Å². The summed E-state index contributed by atoms with van der Waals surface area (Å²) in [6, 6.07) is 26.3. The van der Waals surface area contributed by atoms with Gasteiger partial charge in [-0.2, -0.15) is 12.1 Å². The molecular weight excluding hydrogens is 412 g/mol. The van der Waals surface area contributed by atoms with Gasteiger partial charge in [-0.15, -0.1) is 96.5 Å². The number of hydrogen-bond donors (Lipinski definition) is 0. The number of fused-ring (bicyclic) bond motifs is 2. The van der Waals surface area contributed by atoms with Gasteiger partial charge in [-0.1, -0.05) is 12.1 Å². The topological polar surface area (TPSA) is 0 Å². The van der Waals surface area contributed by atoms with Crippen molar-refractivity contribution < 1.29 is 26.4 Å². The van der Waals surface area contributed by atoms with Gasteiger partial charge < -0.3 is 0 Å². The van der Waals surface area contributed by atoms with Crippen molar-refractivity contribution in [3.63, 3.8) is 0 Å². The molecule has 5 heteroatoms. The number of rotatable bonds is 2. The summed E-state index contributed by atoms with van der Waals surface area (Å²) in [6.07, 6.45) is 0. The van der Waals surface area contributed by atoms with Gasteiger partial charge in [0.05, 0.1) is 0 Å². The Morgan fingerprint density at radius 2 is 1.00 bits per heavy atom. The molecule has 0 atom stereocenters. The molecule has 0 saturated heterocycles. The van der Waals surface area contributed by atoms with Gasteiger partial charge in [-0.3, -0.25) is 0 Å². The Kier molecular flexibility index (Phi) is 9.27. The van der Waals surface area contributed by atoms with Crippen LogP contribution in [0.2, 0.25) is 0 Å². The summed E-state index contributed by atoms with van der Waals surface area (Å²) in [7, 11) is 0.115. The molecule has 0 aliphatic rings. The zero-order chi connectivity index (χ0) is 19.8. The number of halogens is 2. The van der Waals surface area contributed by atoms with E-state index in [4.69, 9.17) is 0 Å². The first-order chi connectivity index (χ1) is 13.0. The van der Waals surface area contributed by atoms with Crippen LogP contribution in [-0.4, -0.2) is 26.7 Å². The molecular formula is C22H24F2P2Ti-2. The van der Waals surface area contributed by atoms with E-state index in [0.29, 0.717) is 0 Å². The monoisotopic (exact) mass is 436 g/mol. The van der Waals surface area contributed by atoms with Crippen molar-refractivity contribution in [2.75, 3.05) is 26.7 Å². The predicted molar refractivity (Wildman–Crippen MR) is 118 cm³/mol. The van der Waals surface area contributed by atoms with E-state index >= 15 is 0 Å². The maximum atomic E-state index is 9.75. The summed E-state index contributed by atoms with van der Waals surface area (Å²) in [5.74, 6) is 0.